The summed E-state index contributed by atoms with van der Waals surface area (Å²) >= 11 is 0. The van der Waals surface area contributed by atoms with Gasteiger partial charge in [-0.2, -0.15) is 0 Å². The molecule has 7 heteroatoms. The number of hydrogen-bond donors (Lipinski definition) is 2. The zero-order valence-electron chi connectivity index (χ0n) is 16.4. The summed E-state index contributed by atoms with van der Waals surface area (Å²) in [6, 6.07) is 8.08. The first-order chi connectivity index (χ1) is 13.9. The van der Waals surface area contributed by atoms with Crippen molar-refractivity contribution < 1.29 is 14.0 Å². The van der Waals surface area contributed by atoms with Gasteiger partial charge in [0.25, 0.3) is 11.8 Å². The van der Waals surface area contributed by atoms with Gasteiger partial charge < -0.3 is 15.2 Å². The smallest absolute Gasteiger partial charge is 0.270 e. The molecule has 1 saturated heterocycles. The third-order valence-corrected chi connectivity index (χ3v) is 5.55. The van der Waals surface area contributed by atoms with Gasteiger partial charge in [0, 0.05) is 48.0 Å². The van der Waals surface area contributed by atoms with E-state index in [1.807, 2.05) is 24.0 Å². The molecule has 0 aliphatic carbocycles. The third-order valence-electron chi connectivity index (χ3n) is 5.55. The van der Waals surface area contributed by atoms with Crippen molar-refractivity contribution in [2.24, 2.45) is 5.92 Å². The van der Waals surface area contributed by atoms with E-state index in [1.165, 1.54) is 12.1 Å². The summed E-state index contributed by atoms with van der Waals surface area (Å²) in [4.78, 5) is 34.4. The van der Waals surface area contributed by atoms with Crippen molar-refractivity contribution in [1.29, 1.82) is 0 Å². The van der Waals surface area contributed by atoms with Crippen LogP contribution < -0.4 is 5.32 Å². The number of pyridine rings is 1. The molecular weight excluding hydrogens is 371 g/mol. The Morgan fingerprint density at radius 2 is 2.14 bits per heavy atom. The van der Waals surface area contributed by atoms with Gasteiger partial charge in [0.15, 0.2) is 0 Å². The number of aryl methyl sites for hydroxylation is 1. The van der Waals surface area contributed by atoms with Crippen LogP contribution in [0.15, 0.2) is 42.7 Å². The topological polar surface area (TPSA) is 78.1 Å². The van der Waals surface area contributed by atoms with E-state index in [9.17, 15) is 14.0 Å². The average molecular weight is 394 g/mol. The second kappa shape index (κ2) is 7.66. The third kappa shape index (κ3) is 3.85. The number of H-pyrrole nitrogens is 1. The SMILES string of the molecule is Cc1cc(C(=O)NCC2CC(C)N(C(=O)c3cc4cnccc4[nH]3)C2)ccc1F. The lowest BCUT2D eigenvalue weighted by molar-refractivity contribution is 0.0738. The summed E-state index contributed by atoms with van der Waals surface area (Å²) in [7, 11) is 0. The molecule has 4 rings (SSSR count). The Morgan fingerprint density at radius 1 is 1.31 bits per heavy atom. The van der Waals surface area contributed by atoms with E-state index in [4.69, 9.17) is 0 Å². The summed E-state index contributed by atoms with van der Waals surface area (Å²) in [6.07, 6.45) is 4.23. The molecule has 29 heavy (non-hydrogen) atoms. The number of aromatic nitrogens is 2. The van der Waals surface area contributed by atoms with Crippen LogP contribution in [0.25, 0.3) is 10.9 Å². The molecule has 1 aliphatic heterocycles. The maximum Gasteiger partial charge on any atom is 0.270 e. The zero-order valence-corrected chi connectivity index (χ0v) is 16.4. The number of nitrogens with zero attached hydrogens (tertiary/aromatic N) is 2. The Kier molecular flexibility index (Phi) is 5.05. The monoisotopic (exact) mass is 394 g/mol. The summed E-state index contributed by atoms with van der Waals surface area (Å²) in [5.74, 6) is -0.427. The fraction of sp³-hybridized carbons (Fsp3) is 0.318. The molecule has 0 spiro atoms. The molecule has 2 atom stereocenters. The highest BCUT2D eigenvalue weighted by molar-refractivity contribution is 5.98. The number of likely N-dealkylation sites (tertiary alicyclic amines) is 1. The average Bonchev–Trinajstić information content (AvgIpc) is 3.31. The second-order valence-electron chi connectivity index (χ2n) is 7.73. The molecule has 1 aliphatic rings. The Balaban J connectivity index is 1.38. The number of hydrogen-bond acceptors (Lipinski definition) is 3. The minimum atomic E-state index is -0.326. The highest BCUT2D eigenvalue weighted by Crippen LogP contribution is 2.25. The van der Waals surface area contributed by atoms with Crippen molar-refractivity contribution in [2.45, 2.75) is 26.3 Å². The van der Waals surface area contributed by atoms with Crippen LogP contribution >= 0.6 is 0 Å². The van der Waals surface area contributed by atoms with Crippen molar-refractivity contribution >= 4 is 22.7 Å². The largest absolute Gasteiger partial charge is 0.352 e. The number of benzene rings is 1. The van der Waals surface area contributed by atoms with Crippen LogP contribution in [0.3, 0.4) is 0 Å². The maximum atomic E-state index is 13.4. The van der Waals surface area contributed by atoms with E-state index < -0.39 is 0 Å². The van der Waals surface area contributed by atoms with Crippen molar-refractivity contribution in [1.82, 2.24) is 20.2 Å². The van der Waals surface area contributed by atoms with Gasteiger partial charge in [-0.15, -0.1) is 0 Å². The number of halogens is 1. The van der Waals surface area contributed by atoms with Crippen LogP contribution in [-0.2, 0) is 0 Å². The fourth-order valence-corrected chi connectivity index (χ4v) is 3.94. The highest BCUT2D eigenvalue weighted by atomic mass is 19.1. The summed E-state index contributed by atoms with van der Waals surface area (Å²) in [5, 5.41) is 3.82. The minimum Gasteiger partial charge on any atom is -0.352 e. The van der Waals surface area contributed by atoms with Crippen LogP contribution in [0.5, 0.6) is 0 Å². The highest BCUT2D eigenvalue weighted by Gasteiger charge is 2.33. The van der Waals surface area contributed by atoms with Gasteiger partial charge in [0.05, 0.1) is 0 Å². The second-order valence-corrected chi connectivity index (χ2v) is 7.73. The van der Waals surface area contributed by atoms with E-state index in [2.05, 4.69) is 15.3 Å². The van der Waals surface area contributed by atoms with Crippen molar-refractivity contribution in [3.05, 3.63) is 65.4 Å². The predicted octanol–water partition coefficient (Wildman–Crippen LogP) is 3.29. The van der Waals surface area contributed by atoms with E-state index in [0.717, 1.165) is 17.3 Å². The molecule has 2 N–H and O–H groups in total. The van der Waals surface area contributed by atoms with E-state index in [0.29, 0.717) is 29.9 Å². The standard InChI is InChI=1S/C22H23FN4O2/c1-13-7-16(3-4-18(13)23)21(28)25-10-15-8-14(2)27(12-15)22(29)20-9-17-11-24-6-5-19(17)26-20/h3-7,9,11,14-15,26H,8,10,12H2,1-2H3,(H,25,28). The molecule has 150 valence electrons. The normalized spacial score (nSPS) is 18.9. The van der Waals surface area contributed by atoms with Crippen molar-refractivity contribution in [2.75, 3.05) is 13.1 Å². The van der Waals surface area contributed by atoms with Crippen LogP contribution in [0.1, 0.15) is 39.8 Å². The van der Waals surface area contributed by atoms with Gasteiger partial charge in [0.2, 0.25) is 0 Å². The number of amides is 2. The minimum absolute atomic E-state index is 0.0447. The Morgan fingerprint density at radius 3 is 2.90 bits per heavy atom. The molecule has 1 fully saturated rings. The number of carbonyl (C=O) groups is 2. The first-order valence-corrected chi connectivity index (χ1v) is 9.70. The Labute approximate surface area is 168 Å². The van der Waals surface area contributed by atoms with Gasteiger partial charge in [-0.05, 0) is 62.1 Å². The predicted molar refractivity (Wildman–Crippen MR) is 108 cm³/mol. The summed E-state index contributed by atoms with van der Waals surface area (Å²) < 4.78 is 13.4. The van der Waals surface area contributed by atoms with Gasteiger partial charge in [0.1, 0.15) is 11.5 Å². The molecule has 0 saturated carbocycles. The lowest BCUT2D eigenvalue weighted by Crippen LogP contribution is -2.35. The molecule has 6 nitrogen and oxygen atoms in total. The quantitative estimate of drug-likeness (QED) is 0.713. The lowest BCUT2D eigenvalue weighted by atomic mass is 10.1. The van der Waals surface area contributed by atoms with Gasteiger partial charge in [-0.25, -0.2) is 4.39 Å². The van der Waals surface area contributed by atoms with E-state index in [1.54, 1.807) is 25.4 Å². The maximum absolute atomic E-state index is 13.4. The van der Waals surface area contributed by atoms with Crippen LogP contribution in [-0.4, -0.2) is 45.8 Å². The lowest BCUT2D eigenvalue weighted by Gasteiger charge is -2.20. The Hall–Kier alpha value is -3.22. The molecule has 3 heterocycles. The molecule has 0 radical (unpaired) electrons. The summed E-state index contributed by atoms with van der Waals surface area (Å²) in [6.45, 7) is 4.71. The molecule has 3 aromatic rings. The molecule has 1 aromatic carbocycles. The van der Waals surface area contributed by atoms with Gasteiger partial charge in [-0.3, -0.25) is 14.6 Å². The van der Waals surface area contributed by atoms with Crippen LogP contribution in [0.2, 0.25) is 0 Å². The van der Waals surface area contributed by atoms with Crippen LogP contribution in [0.4, 0.5) is 4.39 Å². The Bertz CT molecular complexity index is 1040. The van der Waals surface area contributed by atoms with Gasteiger partial charge in [-0.1, -0.05) is 0 Å². The number of fused-ring (bicyclic) bond motifs is 1. The molecule has 2 unspecified atom stereocenters. The van der Waals surface area contributed by atoms with Crippen molar-refractivity contribution in [3.8, 4) is 0 Å². The molecule has 2 aromatic heterocycles. The molecule has 0 bridgehead atoms. The van der Waals surface area contributed by atoms with Gasteiger partial charge >= 0.3 is 0 Å². The number of carbonyl (C=O) groups excluding carboxylic acids is 2. The zero-order chi connectivity index (χ0) is 20.5. The van der Waals surface area contributed by atoms with Crippen molar-refractivity contribution in [3.63, 3.8) is 0 Å². The molecular formula is C22H23FN4O2. The molecule has 2 amide bonds. The fourth-order valence-electron chi connectivity index (χ4n) is 3.94. The first-order valence-electron chi connectivity index (χ1n) is 9.70. The summed E-state index contributed by atoms with van der Waals surface area (Å²) in [5.41, 5.74) is 2.31. The number of rotatable bonds is 4. The first kappa shape index (κ1) is 19.1. The van der Waals surface area contributed by atoms with E-state index >= 15 is 0 Å². The number of nitrogens with one attached hydrogen (secondary N) is 2. The van der Waals surface area contributed by atoms with Crippen LogP contribution in [0, 0.1) is 18.7 Å². The van der Waals surface area contributed by atoms with E-state index in [-0.39, 0.29) is 29.6 Å². The number of aromatic amines is 1.